The van der Waals surface area contributed by atoms with Gasteiger partial charge in [-0.1, -0.05) is 6.58 Å². The van der Waals surface area contributed by atoms with E-state index in [-0.39, 0.29) is 34.1 Å². The number of rotatable bonds is 8. The Morgan fingerprint density at radius 3 is 2.51 bits per heavy atom. The average Bonchev–Trinajstić information content (AvgIpc) is 3.56. The summed E-state index contributed by atoms with van der Waals surface area (Å²) in [6, 6.07) is 2.54. The van der Waals surface area contributed by atoms with E-state index in [4.69, 9.17) is 9.47 Å². The minimum absolute atomic E-state index is 0.0429. The van der Waals surface area contributed by atoms with Crippen LogP contribution in [0.1, 0.15) is 50.8 Å². The summed E-state index contributed by atoms with van der Waals surface area (Å²) in [4.78, 5) is 36.2. The number of halogens is 3. The van der Waals surface area contributed by atoms with Crippen LogP contribution >= 0.6 is 11.3 Å². The van der Waals surface area contributed by atoms with Crippen molar-refractivity contribution in [3.05, 3.63) is 47.7 Å². The zero-order valence-corrected chi connectivity index (χ0v) is 22.0. The lowest BCUT2D eigenvalue weighted by Gasteiger charge is -2.18. The highest BCUT2D eigenvalue weighted by atomic mass is 32.1. The smallest absolute Gasteiger partial charge is 0.434 e. The van der Waals surface area contributed by atoms with E-state index < -0.39 is 23.9 Å². The van der Waals surface area contributed by atoms with Gasteiger partial charge in [0, 0.05) is 53.5 Å². The van der Waals surface area contributed by atoms with Crippen molar-refractivity contribution < 1.29 is 32.2 Å². The Bertz CT molecular complexity index is 1390. The second-order valence-corrected chi connectivity index (χ2v) is 9.61. The van der Waals surface area contributed by atoms with Crippen LogP contribution in [0, 0.1) is 0 Å². The van der Waals surface area contributed by atoms with Crippen LogP contribution in [0.3, 0.4) is 0 Å². The zero-order valence-electron chi connectivity index (χ0n) is 21.2. The zero-order chi connectivity index (χ0) is 28.2. The van der Waals surface area contributed by atoms with Crippen LogP contribution in [-0.4, -0.2) is 39.6 Å². The highest BCUT2D eigenvalue weighted by Crippen LogP contribution is 2.42. The number of hydrogen-bond acceptors (Lipinski definition) is 8. The summed E-state index contributed by atoms with van der Waals surface area (Å²) in [6.07, 6.45) is 1.83. The number of nitrogens with zero attached hydrogens (tertiary/aromatic N) is 3. The molecule has 3 heterocycles. The van der Waals surface area contributed by atoms with Crippen LogP contribution in [-0.2, 0) is 15.7 Å². The van der Waals surface area contributed by atoms with E-state index >= 15 is 0 Å². The van der Waals surface area contributed by atoms with Crippen molar-refractivity contribution in [2.45, 2.75) is 51.8 Å². The summed E-state index contributed by atoms with van der Waals surface area (Å²) >= 11 is 0.799. The first kappa shape index (κ1) is 28.0. The van der Waals surface area contributed by atoms with Gasteiger partial charge in [0.05, 0.1) is 0 Å². The molecule has 0 unspecified atom stereocenters. The van der Waals surface area contributed by atoms with Crippen molar-refractivity contribution in [2.24, 2.45) is 0 Å². The summed E-state index contributed by atoms with van der Waals surface area (Å²) in [6.45, 7) is 7.12. The molecule has 0 aliphatic heterocycles. The van der Waals surface area contributed by atoms with Crippen LogP contribution in [0.25, 0.3) is 27.5 Å². The van der Waals surface area contributed by atoms with E-state index in [0.717, 1.165) is 42.4 Å². The third-order valence-corrected chi connectivity index (χ3v) is 6.69. The Labute approximate surface area is 226 Å². The Balaban J connectivity index is 1.87. The van der Waals surface area contributed by atoms with E-state index in [1.807, 2.05) is 0 Å². The minimum atomic E-state index is -4.63. The van der Waals surface area contributed by atoms with Crippen molar-refractivity contribution in [1.29, 1.82) is 0 Å². The number of carbonyl (C=O) groups excluding carboxylic acids is 2. The van der Waals surface area contributed by atoms with Gasteiger partial charge in [0.25, 0.3) is 0 Å². The molecule has 206 valence electrons. The molecule has 1 aliphatic rings. The molecule has 0 spiro atoms. The molecule has 9 nitrogen and oxygen atoms in total. The van der Waals surface area contributed by atoms with Gasteiger partial charge in [-0.05, 0) is 44.7 Å². The number of amides is 2. The van der Waals surface area contributed by atoms with Crippen LogP contribution in [0.5, 0.6) is 5.88 Å². The van der Waals surface area contributed by atoms with Crippen molar-refractivity contribution in [2.75, 3.05) is 11.9 Å². The van der Waals surface area contributed by atoms with E-state index in [1.54, 1.807) is 13.0 Å². The minimum Gasteiger partial charge on any atom is -0.474 e. The first-order chi connectivity index (χ1) is 18.5. The molecule has 13 heteroatoms. The summed E-state index contributed by atoms with van der Waals surface area (Å²) in [7, 11) is 0. The molecule has 0 bridgehead atoms. The maximum absolute atomic E-state index is 13.4. The fraction of sp³-hybridized carbons (Fsp3) is 0.346. The molecule has 2 N–H and O–H groups in total. The third kappa shape index (κ3) is 6.91. The fourth-order valence-electron chi connectivity index (χ4n) is 4.05. The maximum Gasteiger partial charge on any atom is 0.434 e. The normalized spacial score (nSPS) is 13.7. The van der Waals surface area contributed by atoms with Crippen molar-refractivity contribution in [3.8, 4) is 27.6 Å². The lowest BCUT2D eigenvalue weighted by molar-refractivity contribution is -0.140. The standard InChI is InChI=1S/C26H26F3N5O4S/c1-4-30-25(36)34-22-10-19(24-33-21(13-39-24)26(27,28)29)20(12-31-22)18-9-16(14(2)37-15(3)35)11-32-23(18)38-17-7-5-6-8-17/h9-13,17H,2,4-8H2,1,3H3,(H2,30,31,34,36). The lowest BCUT2D eigenvalue weighted by Crippen LogP contribution is -2.28. The molecule has 1 saturated carbocycles. The quantitative estimate of drug-likeness (QED) is 0.246. The van der Waals surface area contributed by atoms with Gasteiger partial charge < -0.3 is 14.8 Å². The molecule has 0 atom stereocenters. The highest BCUT2D eigenvalue weighted by molar-refractivity contribution is 7.13. The number of pyridine rings is 2. The summed E-state index contributed by atoms with van der Waals surface area (Å²) in [5.74, 6) is -0.184. The SMILES string of the molecule is C=C(OC(C)=O)c1cnc(OC2CCCC2)c(-c2cnc(NC(=O)NCC)cc2-c2nc(C(F)(F)F)cs2)c1. The average molecular weight is 562 g/mol. The second-order valence-electron chi connectivity index (χ2n) is 8.75. The predicted octanol–water partition coefficient (Wildman–Crippen LogP) is 6.28. The molecule has 0 aromatic carbocycles. The number of nitrogens with one attached hydrogen (secondary N) is 2. The first-order valence-corrected chi connectivity index (χ1v) is 13.1. The van der Waals surface area contributed by atoms with E-state index in [1.165, 1.54) is 25.4 Å². The Morgan fingerprint density at radius 1 is 1.13 bits per heavy atom. The van der Waals surface area contributed by atoms with Gasteiger partial charge in [0.15, 0.2) is 5.69 Å². The fourth-order valence-corrected chi connectivity index (χ4v) is 4.91. The van der Waals surface area contributed by atoms with Crippen LogP contribution in [0.15, 0.2) is 36.5 Å². The first-order valence-electron chi connectivity index (χ1n) is 12.2. The molecule has 0 radical (unpaired) electrons. The number of esters is 1. The predicted molar refractivity (Wildman–Crippen MR) is 140 cm³/mol. The Hall–Kier alpha value is -4.00. The number of aromatic nitrogens is 3. The molecule has 3 aromatic heterocycles. The number of carbonyl (C=O) groups is 2. The number of thiazole rings is 1. The van der Waals surface area contributed by atoms with E-state index in [9.17, 15) is 22.8 Å². The molecule has 39 heavy (non-hydrogen) atoms. The monoisotopic (exact) mass is 561 g/mol. The van der Waals surface area contributed by atoms with Gasteiger partial charge in [0.2, 0.25) is 5.88 Å². The van der Waals surface area contributed by atoms with Gasteiger partial charge in [-0.15, -0.1) is 11.3 Å². The number of hydrogen-bond donors (Lipinski definition) is 2. The topological polar surface area (TPSA) is 115 Å². The highest BCUT2D eigenvalue weighted by Gasteiger charge is 2.34. The van der Waals surface area contributed by atoms with Gasteiger partial charge >= 0.3 is 18.2 Å². The largest absolute Gasteiger partial charge is 0.474 e. The number of alkyl halides is 3. The van der Waals surface area contributed by atoms with Crippen LogP contribution < -0.4 is 15.4 Å². The van der Waals surface area contributed by atoms with Gasteiger partial charge in [-0.2, -0.15) is 13.2 Å². The lowest BCUT2D eigenvalue weighted by atomic mass is 10.0. The van der Waals surface area contributed by atoms with Gasteiger partial charge in [0.1, 0.15) is 22.7 Å². The number of ether oxygens (including phenoxy) is 2. The van der Waals surface area contributed by atoms with Gasteiger partial charge in [-0.3, -0.25) is 10.1 Å². The molecule has 0 saturated heterocycles. The molecule has 1 fully saturated rings. The molecule has 1 aliphatic carbocycles. The molecular formula is C26H26F3N5O4S. The van der Waals surface area contributed by atoms with Crippen LogP contribution in [0.4, 0.5) is 23.8 Å². The van der Waals surface area contributed by atoms with Gasteiger partial charge in [-0.25, -0.2) is 19.7 Å². The molecule has 2 amide bonds. The molecule has 4 rings (SSSR count). The van der Waals surface area contributed by atoms with Crippen molar-refractivity contribution in [3.63, 3.8) is 0 Å². The number of urea groups is 1. The molecular weight excluding hydrogens is 535 g/mol. The second kappa shape index (κ2) is 11.8. The third-order valence-electron chi connectivity index (χ3n) is 5.82. The summed E-state index contributed by atoms with van der Waals surface area (Å²) in [5.41, 5.74) is 0.345. The summed E-state index contributed by atoms with van der Waals surface area (Å²) in [5, 5.41) is 6.11. The maximum atomic E-state index is 13.4. The Morgan fingerprint density at radius 2 is 1.87 bits per heavy atom. The van der Waals surface area contributed by atoms with E-state index in [2.05, 4.69) is 32.2 Å². The van der Waals surface area contributed by atoms with Crippen molar-refractivity contribution in [1.82, 2.24) is 20.3 Å². The van der Waals surface area contributed by atoms with E-state index in [0.29, 0.717) is 23.2 Å². The Kier molecular flexibility index (Phi) is 8.48. The van der Waals surface area contributed by atoms with Crippen molar-refractivity contribution >= 4 is 34.9 Å². The van der Waals surface area contributed by atoms with Crippen LogP contribution in [0.2, 0.25) is 0 Å². The number of anilines is 1. The molecule has 3 aromatic rings. The summed E-state index contributed by atoms with van der Waals surface area (Å²) < 4.78 is 51.5.